The Morgan fingerprint density at radius 2 is 2.10 bits per heavy atom. The van der Waals surface area contributed by atoms with Crippen molar-refractivity contribution in [2.45, 2.75) is 37.5 Å². The van der Waals surface area contributed by atoms with Gasteiger partial charge in [0.2, 0.25) is 0 Å². The Kier molecular flexibility index (Phi) is 7.68. The van der Waals surface area contributed by atoms with E-state index in [0.29, 0.717) is 11.4 Å². The zero-order chi connectivity index (χ0) is 15.0. The Morgan fingerprint density at radius 1 is 1.35 bits per heavy atom. The first-order chi connectivity index (χ1) is 9.53. The number of sulfone groups is 1. The molecule has 20 heavy (non-hydrogen) atoms. The summed E-state index contributed by atoms with van der Waals surface area (Å²) in [6.45, 7) is 2.59. The molecule has 1 aromatic rings. The smallest absolute Gasteiger partial charge is 0.185 e. The first-order valence-corrected chi connectivity index (χ1v) is 10.6. The van der Waals surface area contributed by atoms with Crippen molar-refractivity contribution >= 4 is 44.0 Å². The van der Waals surface area contributed by atoms with Gasteiger partial charge < -0.3 is 11.1 Å². The average molecular weight is 338 g/mol. The van der Waals surface area contributed by atoms with E-state index in [1.807, 2.05) is 18.7 Å². The summed E-state index contributed by atoms with van der Waals surface area (Å²) in [4.78, 5) is 0.188. The second-order valence-electron chi connectivity index (χ2n) is 4.53. The van der Waals surface area contributed by atoms with E-state index in [0.717, 1.165) is 30.9 Å². The largest absolute Gasteiger partial charge is 0.382 e. The number of nitrogens with zero attached hydrogens (tertiary/aromatic N) is 1. The van der Waals surface area contributed by atoms with Crippen molar-refractivity contribution in [2.75, 3.05) is 35.4 Å². The molecule has 5 nitrogen and oxygen atoms in total. The van der Waals surface area contributed by atoms with Gasteiger partial charge in [0.25, 0.3) is 0 Å². The van der Waals surface area contributed by atoms with Gasteiger partial charge in [-0.15, -0.1) is 0 Å². The summed E-state index contributed by atoms with van der Waals surface area (Å²) < 4.78 is 28.3. The summed E-state index contributed by atoms with van der Waals surface area (Å²) in [5.74, 6) is 1.40. The molecule has 3 N–H and O–H groups in total. The molecular formula is C12H23N3O2S3. The van der Waals surface area contributed by atoms with Crippen LogP contribution in [0.4, 0.5) is 10.8 Å². The van der Waals surface area contributed by atoms with Crippen molar-refractivity contribution in [3.05, 3.63) is 0 Å². The van der Waals surface area contributed by atoms with Gasteiger partial charge in [-0.05, 0) is 42.8 Å². The van der Waals surface area contributed by atoms with Crippen LogP contribution in [0.2, 0.25) is 0 Å². The number of hydrogen-bond acceptors (Lipinski definition) is 7. The van der Waals surface area contributed by atoms with Gasteiger partial charge >= 0.3 is 0 Å². The molecule has 1 aromatic heterocycles. The van der Waals surface area contributed by atoms with Gasteiger partial charge in [-0.1, -0.05) is 13.3 Å². The van der Waals surface area contributed by atoms with E-state index in [4.69, 9.17) is 5.73 Å². The Bertz CT molecular complexity index is 500. The fourth-order valence-electron chi connectivity index (χ4n) is 1.83. The molecule has 0 aliphatic heterocycles. The van der Waals surface area contributed by atoms with Gasteiger partial charge in [0.05, 0.1) is 5.75 Å². The summed E-state index contributed by atoms with van der Waals surface area (Å²) in [7, 11) is -3.32. The van der Waals surface area contributed by atoms with Crippen LogP contribution in [0.5, 0.6) is 0 Å². The van der Waals surface area contributed by atoms with Crippen LogP contribution in [0.25, 0.3) is 0 Å². The third kappa shape index (κ3) is 5.14. The zero-order valence-corrected chi connectivity index (χ0v) is 14.5. The monoisotopic (exact) mass is 337 g/mol. The second kappa shape index (κ2) is 8.74. The molecule has 0 aromatic carbocycles. The van der Waals surface area contributed by atoms with Gasteiger partial charge in [0, 0.05) is 6.54 Å². The third-order valence-corrected chi connectivity index (χ3v) is 6.39. The first-order valence-electron chi connectivity index (χ1n) is 6.73. The minimum absolute atomic E-state index is 0.109. The number of nitrogen functional groups attached to an aromatic ring is 1. The fraction of sp³-hybridized carbons (Fsp3) is 0.750. The van der Waals surface area contributed by atoms with Gasteiger partial charge in [-0.2, -0.15) is 16.1 Å². The molecule has 1 rings (SSSR count). The van der Waals surface area contributed by atoms with Crippen molar-refractivity contribution in [1.82, 2.24) is 4.37 Å². The highest BCUT2D eigenvalue weighted by Gasteiger charge is 2.24. The maximum absolute atomic E-state index is 12.2. The zero-order valence-electron chi connectivity index (χ0n) is 12.0. The standard InChI is InChI=1S/C12H23N3O2S3/c1-3-9-20(16,17)10-11(13)15-19-12(10)14-7-5-4-6-8-18-2/h14H,3-9H2,1-2H3,(H2,13,15). The van der Waals surface area contributed by atoms with E-state index in [-0.39, 0.29) is 16.5 Å². The van der Waals surface area contributed by atoms with Crippen molar-refractivity contribution < 1.29 is 8.42 Å². The molecule has 116 valence electrons. The molecular weight excluding hydrogens is 314 g/mol. The van der Waals surface area contributed by atoms with Gasteiger partial charge in [0.1, 0.15) is 9.90 Å². The third-order valence-electron chi connectivity index (χ3n) is 2.77. The lowest BCUT2D eigenvalue weighted by Gasteiger charge is -2.07. The molecule has 0 fully saturated rings. The lowest BCUT2D eigenvalue weighted by atomic mass is 10.2. The molecule has 0 radical (unpaired) electrons. The summed E-state index contributed by atoms with van der Waals surface area (Å²) in [6.07, 6.45) is 6.02. The van der Waals surface area contributed by atoms with Gasteiger partial charge in [-0.25, -0.2) is 8.42 Å². The van der Waals surface area contributed by atoms with Crippen LogP contribution in [-0.2, 0) is 9.84 Å². The van der Waals surface area contributed by atoms with E-state index in [9.17, 15) is 8.42 Å². The van der Waals surface area contributed by atoms with Crippen LogP contribution >= 0.6 is 23.3 Å². The van der Waals surface area contributed by atoms with E-state index in [2.05, 4.69) is 15.9 Å². The van der Waals surface area contributed by atoms with Gasteiger partial charge in [0.15, 0.2) is 15.7 Å². The fourth-order valence-corrected chi connectivity index (χ4v) is 4.97. The highest BCUT2D eigenvalue weighted by molar-refractivity contribution is 7.98. The summed E-state index contributed by atoms with van der Waals surface area (Å²) >= 11 is 2.97. The van der Waals surface area contributed by atoms with E-state index in [1.165, 1.54) is 12.2 Å². The Hall–Kier alpha value is -0.470. The molecule has 0 saturated heterocycles. The molecule has 0 bridgehead atoms. The molecule has 1 heterocycles. The molecule has 0 spiro atoms. The summed E-state index contributed by atoms with van der Waals surface area (Å²) in [5, 5.41) is 3.75. The Labute approximate surface area is 129 Å². The quantitative estimate of drug-likeness (QED) is 0.639. The predicted molar refractivity (Wildman–Crippen MR) is 89.6 cm³/mol. The molecule has 0 aliphatic carbocycles. The van der Waals surface area contributed by atoms with Crippen LogP contribution in [0, 0.1) is 0 Å². The van der Waals surface area contributed by atoms with E-state index in [1.54, 1.807) is 0 Å². The highest BCUT2D eigenvalue weighted by atomic mass is 32.2. The lowest BCUT2D eigenvalue weighted by molar-refractivity contribution is 0.595. The molecule has 0 atom stereocenters. The molecule has 8 heteroatoms. The Morgan fingerprint density at radius 3 is 2.75 bits per heavy atom. The van der Waals surface area contributed by atoms with Crippen molar-refractivity contribution in [1.29, 1.82) is 0 Å². The lowest BCUT2D eigenvalue weighted by Crippen LogP contribution is -2.11. The minimum Gasteiger partial charge on any atom is -0.382 e. The number of rotatable bonds is 10. The maximum atomic E-state index is 12.2. The number of unbranched alkanes of at least 4 members (excludes halogenated alkanes) is 2. The summed E-state index contributed by atoms with van der Waals surface area (Å²) in [5.41, 5.74) is 5.71. The topological polar surface area (TPSA) is 85.1 Å². The molecule has 0 amide bonds. The highest BCUT2D eigenvalue weighted by Crippen LogP contribution is 2.32. The molecule has 0 saturated carbocycles. The predicted octanol–water partition coefficient (Wildman–Crippen LogP) is 2.85. The SMILES string of the molecule is CCCS(=O)(=O)c1c(N)nsc1NCCCCCSC. The van der Waals surface area contributed by atoms with E-state index < -0.39 is 9.84 Å². The molecule has 0 unspecified atom stereocenters. The number of hydrogen-bond donors (Lipinski definition) is 2. The summed E-state index contributed by atoms with van der Waals surface area (Å²) in [6, 6.07) is 0. The normalized spacial score (nSPS) is 11.7. The number of thioether (sulfide) groups is 1. The number of nitrogens with two attached hydrogens (primary N) is 1. The van der Waals surface area contributed by atoms with Crippen LogP contribution in [0.15, 0.2) is 4.90 Å². The van der Waals surface area contributed by atoms with Crippen molar-refractivity contribution in [2.24, 2.45) is 0 Å². The minimum atomic E-state index is -3.32. The van der Waals surface area contributed by atoms with Crippen molar-refractivity contribution in [3.8, 4) is 0 Å². The number of aromatic nitrogens is 1. The first kappa shape index (κ1) is 17.6. The second-order valence-corrected chi connectivity index (χ2v) is 8.33. The van der Waals surface area contributed by atoms with E-state index >= 15 is 0 Å². The number of anilines is 2. The van der Waals surface area contributed by atoms with Crippen LogP contribution in [0.3, 0.4) is 0 Å². The van der Waals surface area contributed by atoms with Crippen LogP contribution < -0.4 is 11.1 Å². The Balaban J connectivity index is 2.59. The molecule has 0 aliphatic rings. The van der Waals surface area contributed by atoms with Crippen LogP contribution in [0.1, 0.15) is 32.6 Å². The van der Waals surface area contributed by atoms with Crippen LogP contribution in [-0.4, -0.2) is 37.1 Å². The van der Waals surface area contributed by atoms with Gasteiger partial charge in [-0.3, -0.25) is 0 Å². The number of nitrogens with one attached hydrogen (secondary N) is 1. The van der Waals surface area contributed by atoms with Crippen molar-refractivity contribution in [3.63, 3.8) is 0 Å². The maximum Gasteiger partial charge on any atom is 0.185 e. The average Bonchev–Trinajstić information content (AvgIpc) is 2.75.